The summed E-state index contributed by atoms with van der Waals surface area (Å²) in [5, 5.41) is 3.93. The first-order valence-electron chi connectivity index (χ1n) is 6.10. The topological polar surface area (TPSA) is 38.3 Å². The molecule has 1 amide bonds. The van der Waals surface area contributed by atoms with Gasteiger partial charge in [0.15, 0.2) is 5.75 Å². The van der Waals surface area contributed by atoms with Crippen LogP contribution in [-0.4, -0.2) is 5.91 Å². The first kappa shape index (κ1) is 16.0. The third-order valence-corrected chi connectivity index (χ3v) is 3.70. The molecule has 0 heterocycles. The average molecular weight is 345 g/mol. The molecule has 6 heteroatoms. The molecule has 1 N–H and O–H groups in total. The molecule has 0 saturated carbocycles. The average Bonchev–Trinajstić information content (AvgIpc) is 2.44. The number of rotatable bonds is 4. The second-order valence-corrected chi connectivity index (χ2v) is 5.56. The summed E-state index contributed by atoms with van der Waals surface area (Å²) in [4.78, 5) is 11.2. The Balaban J connectivity index is 2.23. The summed E-state index contributed by atoms with van der Waals surface area (Å²) in [7, 11) is 0. The Morgan fingerprint density at radius 3 is 2.38 bits per heavy atom. The fraction of sp³-hybridized carbons (Fsp3) is 0.133. The molecule has 0 aliphatic rings. The standard InChI is InChI=1S/C15H12Cl3NO2/c1-9(20)19-13-7-6-12(17)14(18)15(13)21-8-10-2-4-11(16)5-3-10/h2-7H,8H2,1H3,(H,19,20). The van der Waals surface area contributed by atoms with Crippen LogP contribution in [0.2, 0.25) is 15.1 Å². The van der Waals surface area contributed by atoms with E-state index in [2.05, 4.69) is 5.32 Å². The molecule has 0 bridgehead atoms. The van der Waals surface area contributed by atoms with E-state index < -0.39 is 0 Å². The number of benzene rings is 2. The Morgan fingerprint density at radius 2 is 1.76 bits per heavy atom. The highest BCUT2D eigenvalue weighted by molar-refractivity contribution is 6.43. The second-order valence-electron chi connectivity index (χ2n) is 4.33. The molecular weight excluding hydrogens is 333 g/mol. The zero-order valence-electron chi connectivity index (χ0n) is 11.1. The predicted molar refractivity (Wildman–Crippen MR) is 86.5 cm³/mol. The van der Waals surface area contributed by atoms with Crippen molar-refractivity contribution in [2.24, 2.45) is 0 Å². The van der Waals surface area contributed by atoms with Gasteiger partial charge < -0.3 is 10.1 Å². The Labute approximate surface area is 137 Å². The normalized spacial score (nSPS) is 10.3. The van der Waals surface area contributed by atoms with Crippen LogP contribution in [-0.2, 0) is 11.4 Å². The van der Waals surface area contributed by atoms with Gasteiger partial charge in [-0.05, 0) is 29.8 Å². The number of halogens is 3. The van der Waals surface area contributed by atoms with Gasteiger partial charge in [0, 0.05) is 11.9 Å². The molecule has 110 valence electrons. The van der Waals surface area contributed by atoms with Gasteiger partial charge in [0.25, 0.3) is 0 Å². The summed E-state index contributed by atoms with van der Waals surface area (Å²) < 4.78 is 5.70. The minimum absolute atomic E-state index is 0.218. The van der Waals surface area contributed by atoms with Gasteiger partial charge in [0.2, 0.25) is 5.91 Å². The second kappa shape index (κ2) is 7.03. The van der Waals surface area contributed by atoms with Crippen LogP contribution in [0.5, 0.6) is 5.75 Å². The van der Waals surface area contributed by atoms with Crippen LogP contribution in [0.4, 0.5) is 5.69 Å². The minimum Gasteiger partial charge on any atom is -0.485 e. The van der Waals surface area contributed by atoms with Crippen molar-refractivity contribution < 1.29 is 9.53 Å². The lowest BCUT2D eigenvalue weighted by Crippen LogP contribution is -2.08. The van der Waals surface area contributed by atoms with Crippen molar-refractivity contribution in [1.29, 1.82) is 0 Å². The van der Waals surface area contributed by atoms with Gasteiger partial charge in [-0.15, -0.1) is 0 Å². The van der Waals surface area contributed by atoms with E-state index in [1.807, 2.05) is 12.1 Å². The molecule has 0 radical (unpaired) electrons. The maximum Gasteiger partial charge on any atom is 0.221 e. The van der Waals surface area contributed by atoms with E-state index >= 15 is 0 Å². The van der Waals surface area contributed by atoms with Crippen LogP contribution in [0.3, 0.4) is 0 Å². The highest BCUT2D eigenvalue weighted by atomic mass is 35.5. The Bertz CT molecular complexity index is 657. The molecular formula is C15H12Cl3NO2. The molecule has 3 nitrogen and oxygen atoms in total. The maximum atomic E-state index is 11.2. The Morgan fingerprint density at radius 1 is 1.10 bits per heavy atom. The molecule has 0 saturated heterocycles. The van der Waals surface area contributed by atoms with E-state index in [4.69, 9.17) is 39.5 Å². The van der Waals surface area contributed by atoms with Crippen LogP contribution in [0.15, 0.2) is 36.4 Å². The van der Waals surface area contributed by atoms with E-state index in [1.165, 1.54) is 6.92 Å². The summed E-state index contributed by atoms with van der Waals surface area (Å²) in [5.41, 5.74) is 1.40. The van der Waals surface area contributed by atoms with Crippen LogP contribution in [0, 0.1) is 0 Å². The first-order chi connectivity index (χ1) is 9.97. The lowest BCUT2D eigenvalue weighted by Gasteiger charge is -2.14. The quantitative estimate of drug-likeness (QED) is 0.829. The maximum absolute atomic E-state index is 11.2. The lowest BCUT2D eigenvalue weighted by molar-refractivity contribution is -0.114. The Hall–Kier alpha value is -1.42. The highest BCUT2D eigenvalue weighted by Gasteiger charge is 2.13. The lowest BCUT2D eigenvalue weighted by atomic mass is 10.2. The molecule has 2 aromatic carbocycles. The monoisotopic (exact) mass is 343 g/mol. The number of hydrogen-bond acceptors (Lipinski definition) is 2. The number of ether oxygens (including phenoxy) is 1. The molecule has 0 aliphatic heterocycles. The summed E-state index contributed by atoms with van der Waals surface area (Å²) in [6.45, 7) is 1.69. The van der Waals surface area contributed by atoms with Crippen molar-refractivity contribution in [3.05, 3.63) is 57.0 Å². The third-order valence-electron chi connectivity index (χ3n) is 2.66. The van der Waals surface area contributed by atoms with Gasteiger partial charge in [-0.1, -0.05) is 46.9 Å². The predicted octanol–water partition coefficient (Wildman–Crippen LogP) is 5.18. The smallest absolute Gasteiger partial charge is 0.221 e. The van der Waals surface area contributed by atoms with Crippen molar-refractivity contribution >= 4 is 46.4 Å². The molecule has 0 aliphatic carbocycles. The largest absolute Gasteiger partial charge is 0.485 e. The van der Waals surface area contributed by atoms with Gasteiger partial charge in [0.1, 0.15) is 11.6 Å². The number of nitrogens with one attached hydrogen (secondary N) is 1. The van der Waals surface area contributed by atoms with Gasteiger partial charge in [-0.2, -0.15) is 0 Å². The van der Waals surface area contributed by atoms with Crippen LogP contribution < -0.4 is 10.1 Å². The molecule has 0 atom stereocenters. The molecule has 0 aromatic heterocycles. The van der Waals surface area contributed by atoms with Crippen molar-refractivity contribution in [2.75, 3.05) is 5.32 Å². The summed E-state index contributed by atoms with van der Waals surface area (Å²) in [6.07, 6.45) is 0. The van der Waals surface area contributed by atoms with Crippen LogP contribution in [0.25, 0.3) is 0 Å². The highest BCUT2D eigenvalue weighted by Crippen LogP contribution is 2.39. The summed E-state index contributed by atoms with van der Waals surface area (Å²) in [6, 6.07) is 10.5. The number of carbonyl (C=O) groups excluding carboxylic acids is 1. The van der Waals surface area contributed by atoms with Gasteiger partial charge in [-0.3, -0.25) is 4.79 Å². The molecule has 2 aromatic rings. The van der Waals surface area contributed by atoms with Crippen molar-refractivity contribution in [2.45, 2.75) is 13.5 Å². The zero-order chi connectivity index (χ0) is 15.4. The van der Waals surface area contributed by atoms with Crippen molar-refractivity contribution in [3.63, 3.8) is 0 Å². The van der Waals surface area contributed by atoms with Crippen LogP contribution in [0.1, 0.15) is 12.5 Å². The fourth-order valence-corrected chi connectivity index (χ4v) is 2.19. The zero-order valence-corrected chi connectivity index (χ0v) is 13.4. The molecule has 0 fully saturated rings. The molecule has 2 rings (SSSR count). The molecule has 0 unspecified atom stereocenters. The fourth-order valence-electron chi connectivity index (χ4n) is 1.70. The van der Waals surface area contributed by atoms with Crippen LogP contribution >= 0.6 is 34.8 Å². The van der Waals surface area contributed by atoms with Gasteiger partial charge in [0.05, 0.1) is 10.7 Å². The van der Waals surface area contributed by atoms with E-state index in [-0.39, 0.29) is 17.5 Å². The van der Waals surface area contributed by atoms with Gasteiger partial charge in [-0.25, -0.2) is 0 Å². The van der Waals surface area contributed by atoms with E-state index in [0.717, 1.165) is 5.56 Å². The number of anilines is 1. The minimum atomic E-state index is -0.218. The summed E-state index contributed by atoms with van der Waals surface area (Å²) >= 11 is 18.0. The van der Waals surface area contributed by atoms with E-state index in [1.54, 1.807) is 24.3 Å². The molecule has 21 heavy (non-hydrogen) atoms. The number of hydrogen-bond donors (Lipinski definition) is 1. The summed E-state index contributed by atoms with van der Waals surface area (Å²) in [5.74, 6) is 0.124. The third kappa shape index (κ3) is 4.27. The SMILES string of the molecule is CC(=O)Nc1ccc(Cl)c(Cl)c1OCc1ccc(Cl)cc1. The van der Waals surface area contributed by atoms with Gasteiger partial charge >= 0.3 is 0 Å². The molecule has 0 spiro atoms. The van der Waals surface area contributed by atoms with Crippen molar-refractivity contribution in [3.8, 4) is 5.75 Å². The van der Waals surface area contributed by atoms with E-state index in [9.17, 15) is 4.79 Å². The number of amides is 1. The van der Waals surface area contributed by atoms with Crippen molar-refractivity contribution in [1.82, 2.24) is 0 Å². The van der Waals surface area contributed by atoms with E-state index in [0.29, 0.717) is 21.5 Å². The number of carbonyl (C=O) groups is 1. The first-order valence-corrected chi connectivity index (χ1v) is 7.23. The Kier molecular flexibility index (Phi) is 5.34.